The third-order valence-electron chi connectivity index (χ3n) is 9.57. The number of hydrogen-bond acceptors (Lipinski definition) is 13. The van der Waals surface area contributed by atoms with Gasteiger partial charge >= 0.3 is 0 Å². The van der Waals surface area contributed by atoms with Crippen LogP contribution in [0.2, 0.25) is 0 Å². The van der Waals surface area contributed by atoms with Crippen LogP contribution in [0.4, 0.5) is 0 Å². The average Bonchev–Trinajstić information content (AvgIpc) is 3.09. The minimum absolute atomic E-state index is 0.218. The fraction of sp³-hybridized carbons (Fsp3) is 0.971. The van der Waals surface area contributed by atoms with Crippen molar-refractivity contribution in [2.45, 2.75) is 197 Å². The van der Waals surface area contributed by atoms with E-state index in [1.54, 1.807) is 0 Å². The maximum absolute atomic E-state index is 12.9. The van der Waals surface area contributed by atoms with Crippen molar-refractivity contribution < 1.29 is 64.6 Å². The molecule has 12 atom stereocenters. The lowest BCUT2D eigenvalue weighted by atomic mass is 9.97. The fourth-order valence-electron chi connectivity index (χ4n) is 6.35. The van der Waals surface area contributed by atoms with E-state index < -0.39 is 86.8 Å². The first-order valence-electron chi connectivity index (χ1n) is 18.8. The van der Waals surface area contributed by atoms with Crippen LogP contribution in [0, 0.1) is 0 Å². The third kappa shape index (κ3) is 15.2. The predicted molar refractivity (Wildman–Crippen MR) is 180 cm³/mol. The fourth-order valence-corrected chi connectivity index (χ4v) is 6.35. The van der Waals surface area contributed by atoms with Gasteiger partial charge in [0.05, 0.1) is 32.0 Å². The monoisotopic (exact) mass is 709 g/mol. The summed E-state index contributed by atoms with van der Waals surface area (Å²) in [5.74, 6) is -0.218. The summed E-state index contributed by atoms with van der Waals surface area (Å²) >= 11 is 0. The van der Waals surface area contributed by atoms with E-state index >= 15 is 0 Å². The first-order valence-corrected chi connectivity index (χ1v) is 18.8. The largest absolute Gasteiger partial charge is 0.394 e. The van der Waals surface area contributed by atoms with Crippen LogP contribution < -0.4 is 5.32 Å². The number of carbonyl (C=O) groups excluding carboxylic acids is 1. The van der Waals surface area contributed by atoms with Gasteiger partial charge in [0, 0.05) is 6.42 Å². The summed E-state index contributed by atoms with van der Waals surface area (Å²) in [6, 6.07) is -0.815. The van der Waals surface area contributed by atoms with Gasteiger partial charge < -0.3 is 65.1 Å². The minimum atomic E-state index is -1.77. The first-order chi connectivity index (χ1) is 23.6. The van der Waals surface area contributed by atoms with Crippen LogP contribution in [0.25, 0.3) is 0 Å². The number of hydrogen-bond donors (Lipinski definition) is 9. The number of unbranched alkanes of at least 4 members (excludes halogenated alkanes) is 13. The molecule has 2 saturated heterocycles. The number of rotatable bonds is 26. The van der Waals surface area contributed by atoms with E-state index in [-0.39, 0.29) is 12.5 Å². The van der Waals surface area contributed by atoms with E-state index in [0.717, 1.165) is 64.2 Å². The summed E-state index contributed by atoms with van der Waals surface area (Å²) in [5.41, 5.74) is 0. The number of aliphatic hydroxyl groups excluding tert-OH is 8. The molecule has 2 fully saturated rings. The van der Waals surface area contributed by atoms with E-state index in [2.05, 4.69) is 19.2 Å². The van der Waals surface area contributed by atoms with Crippen LogP contribution in [0.3, 0.4) is 0 Å². The Balaban J connectivity index is 1.96. The van der Waals surface area contributed by atoms with Crippen molar-refractivity contribution in [1.82, 2.24) is 5.32 Å². The van der Waals surface area contributed by atoms with Crippen LogP contribution in [-0.2, 0) is 23.7 Å². The van der Waals surface area contributed by atoms with E-state index in [0.29, 0.717) is 12.8 Å². The highest BCUT2D eigenvalue weighted by Crippen LogP contribution is 2.30. The van der Waals surface area contributed by atoms with E-state index in [9.17, 15) is 45.6 Å². The molecule has 0 aromatic carbocycles. The van der Waals surface area contributed by atoms with Crippen molar-refractivity contribution >= 4 is 5.91 Å². The zero-order chi connectivity index (χ0) is 36.2. The molecule has 290 valence electrons. The molecule has 2 aliphatic rings. The Morgan fingerprint density at radius 1 is 0.653 bits per heavy atom. The zero-order valence-corrected chi connectivity index (χ0v) is 29.7. The number of aliphatic hydroxyl groups is 8. The zero-order valence-electron chi connectivity index (χ0n) is 29.7. The SMILES string of the molecule is CCCCCCCCCCCC(=O)NC(COC1OC(CO)C(OC2OC(CO)C(O)C(O)C2O)C(O)C1O)C(O)CCCCCCCC. The Hall–Kier alpha value is -1.01. The summed E-state index contributed by atoms with van der Waals surface area (Å²) in [5, 5.41) is 85.8. The van der Waals surface area contributed by atoms with Gasteiger partial charge in [0.15, 0.2) is 12.6 Å². The molecule has 0 aromatic rings. The Morgan fingerprint density at radius 3 is 1.73 bits per heavy atom. The first kappa shape index (κ1) is 44.2. The summed E-state index contributed by atoms with van der Waals surface area (Å²) in [6.45, 7) is 2.70. The summed E-state index contributed by atoms with van der Waals surface area (Å²) in [7, 11) is 0. The lowest BCUT2D eigenvalue weighted by Gasteiger charge is -2.46. The molecule has 0 aromatic heterocycles. The second-order valence-corrected chi connectivity index (χ2v) is 13.7. The lowest BCUT2D eigenvalue weighted by molar-refractivity contribution is -0.359. The molecule has 14 heteroatoms. The average molecular weight is 710 g/mol. The molecule has 1 amide bonds. The van der Waals surface area contributed by atoms with Crippen molar-refractivity contribution in [3.05, 3.63) is 0 Å². The smallest absolute Gasteiger partial charge is 0.220 e. The van der Waals surface area contributed by atoms with E-state index in [1.807, 2.05) is 0 Å². The molecular weight excluding hydrogens is 642 g/mol. The standard InChI is InChI=1S/C35H67NO13/c1-3-5-7-9-11-12-13-15-17-19-27(40)36-23(24(39)18-16-14-10-8-6-4-2)22-46-34-32(45)30(43)33(26(21-38)48-34)49-35-31(44)29(42)28(41)25(20-37)47-35/h23-26,28-35,37-39,41-45H,3-22H2,1-2H3,(H,36,40). The Bertz CT molecular complexity index is 852. The van der Waals surface area contributed by atoms with Gasteiger partial charge in [-0.2, -0.15) is 0 Å². The molecule has 0 spiro atoms. The van der Waals surface area contributed by atoms with E-state index in [1.165, 1.54) is 32.1 Å². The highest BCUT2D eigenvalue weighted by molar-refractivity contribution is 5.76. The van der Waals surface area contributed by atoms with Crippen LogP contribution in [0.1, 0.15) is 123 Å². The lowest BCUT2D eigenvalue weighted by Crippen LogP contribution is -2.65. The number of amides is 1. The summed E-state index contributed by atoms with van der Waals surface area (Å²) < 4.78 is 22.5. The van der Waals surface area contributed by atoms with Crippen LogP contribution in [-0.4, -0.2) is 140 Å². The van der Waals surface area contributed by atoms with Gasteiger partial charge in [-0.1, -0.05) is 104 Å². The molecule has 2 heterocycles. The third-order valence-corrected chi connectivity index (χ3v) is 9.57. The van der Waals surface area contributed by atoms with Gasteiger partial charge in [0.25, 0.3) is 0 Å². The van der Waals surface area contributed by atoms with Crippen LogP contribution in [0.15, 0.2) is 0 Å². The molecule has 14 nitrogen and oxygen atoms in total. The van der Waals surface area contributed by atoms with Gasteiger partial charge in [-0.3, -0.25) is 4.79 Å². The second-order valence-electron chi connectivity index (χ2n) is 13.7. The molecule has 0 bridgehead atoms. The maximum atomic E-state index is 12.9. The second kappa shape index (κ2) is 25.0. The van der Waals surface area contributed by atoms with Gasteiger partial charge in [-0.15, -0.1) is 0 Å². The van der Waals surface area contributed by atoms with Crippen molar-refractivity contribution in [3.63, 3.8) is 0 Å². The Labute approximate surface area is 292 Å². The van der Waals surface area contributed by atoms with Crippen molar-refractivity contribution in [2.24, 2.45) is 0 Å². The number of nitrogens with one attached hydrogen (secondary N) is 1. The van der Waals surface area contributed by atoms with Crippen molar-refractivity contribution in [2.75, 3.05) is 19.8 Å². The topological polar surface area (TPSA) is 228 Å². The molecule has 2 aliphatic heterocycles. The van der Waals surface area contributed by atoms with Gasteiger partial charge in [0.1, 0.15) is 48.8 Å². The normalized spacial score (nSPS) is 31.8. The van der Waals surface area contributed by atoms with Gasteiger partial charge in [0.2, 0.25) is 5.91 Å². The summed E-state index contributed by atoms with van der Waals surface area (Å²) in [4.78, 5) is 12.9. The Kier molecular flexibility index (Phi) is 22.6. The van der Waals surface area contributed by atoms with E-state index in [4.69, 9.17) is 18.9 Å². The molecule has 0 saturated carbocycles. The van der Waals surface area contributed by atoms with Crippen molar-refractivity contribution in [1.29, 1.82) is 0 Å². The highest BCUT2D eigenvalue weighted by Gasteiger charge is 2.50. The predicted octanol–water partition coefficient (Wildman–Crippen LogP) is 1.14. The Morgan fingerprint density at radius 2 is 1.16 bits per heavy atom. The van der Waals surface area contributed by atoms with Crippen LogP contribution >= 0.6 is 0 Å². The summed E-state index contributed by atoms with van der Waals surface area (Å²) in [6.07, 6.45) is 0.379. The molecular formula is C35H67NO13. The highest BCUT2D eigenvalue weighted by atomic mass is 16.7. The quantitative estimate of drug-likeness (QED) is 0.0575. The molecule has 12 unspecified atom stereocenters. The maximum Gasteiger partial charge on any atom is 0.220 e. The number of carbonyl (C=O) groups is 1. The molecule has 49 heavy (non-hydrogen) atoms. The van der Waals surface area contributed by atoms with Crippen LogP contribution in [0.5, 0.6) is 0 Å². The molecule has 9 N–H and O–H groups in total. The minimum Gasteiger partial charge on any atom is -0.394 e. The molecule has 0 radical (unpaired) electrons. The van der Waals surface area contributed by atoms with Gasteiger partial charge in [-0.25, -0.2) is 0 Å². The number of ether oxygens (including phenoxy) is 4. The molecule has 0 aliphatic carbocycles. The molecule has 2 rings (SSSR count). The van der Waals surface area contributed by atoms with Crippen molar-refractivity contribution in [3.8, 4) is 0 Å². The van der Waals surface area contributed by atoms with Gasteiger partial charge in [-0.05, 0) is 12.8 Å².